The quantitative estimate of drug-likeness (QED) is 0.697. The third-order valence-corrected chi connectivity index (χ3v) is 3.41. The zero-order valence-corrected chi connectivity index (χ0v) is 12.2. The summed E-state index contributed by atoms with van der Waals surface area (Å²) < 4.78 is 9.83. The predicted molar refractivity (Wildman–Crippen MR) is 75.1 cm³/mol. The Morgan fingerprint density at radius 1 is 1.47 bits per heavy atom. The molecule has 1 heterocycles. The second-order valence-corrected chi connectivity index (χ2v) is 4.81. The van der Waals surface area contributed by atoms with Crippen LogP contribution in [0.3, 0.4) is 0 Å². The monoisotopic (exact) mass is 267 g/mol. The highest BCUT2D eigenvalue weighted by molar-refractivity contribution is 5.87. The summed E-state index contributed by atoms with van der Waals surface area (Å²) in [6, 6.07) is 1.81. The first-order valence-corrected chi connectivity index (χ1v) is 7.08. The first-order valence-electron chi connectivity index (χ1n) is 7.08. The fourth-order valence-corrected chi connectivity index (χ4v) is 2.10. The lowest BCUT2D eigenvalue weighted by atomic mass is 9.99. The van der Waals surface area contributed by atoms with Gasteiger partial charge in [0.25, 0.3) is 0 Å². The Kier molecular flexibility index (Phi) is 7.26. The number of nitrogens with one attached hydrogen (secondary N) is 1. The fraction of sp³-hybridized carbons (Fsp3) is 0.667. The van der Waals surface area contributed by atoms with Crippen molar-refractivity contribution >= 4 is 5.97 Å². The summed E-state index contributed by atoms with van der Waals surface area (Å²) >= 11 is 0. The van der Waals surface area contributed by atoms with E-state index in [2.05, 4.69) is 23.9 Å². The fourth-order valence-electron chi connectivity index (χ4n) is 2.10. The molecule has 0 aliphatic heterocycles. The highest BCUT2D eigenvalue weighted by Gasteiger charge is 2.15. The molecule has 0 fully saturated rings. The van der Waals surface area contributed by atoms with E-state index in [4.69, 9.17) is 4.42 Å². The van der Waals surface area contributed by atoms with E-state index in [0.29, 0.717) is 18.2 Å². The molecule has 1 atom stereocenters. The number of furan rings is 1. The van der Waals surface area contributed by atoms with Crippen LogP contribution in [0.5, 0.6) is 0 Å². The summed E-state index contributed by atoms with van der Waals surface area (Å²) in [5, 5.41) is 3.40. The summed E-state index contributed by atoms with van der Waals surface area (Å²) in [7, 11) is 1.36. The molecule has 0 radical (unpaired) electrons. The third-order valence-electron chi connectivity index (χ3n) is 3.41. The zero-order valence-electron chi connectivity index (χ0n) is 12.2. The van der Waals surface area contributed by atoms with Crippen LogP contribution in [0.15, 0.2) is 16.7 Å². The number of ether oxygens (including phenoxy) is 1. The van der Waals surface area contributed by atoms with E-state index >= 15 is 0 Å². The van der Waals surface area contributed by atoms with Gasteiger partial charge in [0.15, 0.2) is 0 Å². The Hall–Kier alpha value is -1.29. The van der Waals surface area contributed by atoms with E-state index in [9.17, 15) is 4.79 Å². The van der Waals surface area contributed by atoms with Gasteiger partial charge in [0.1, 0.15) is 0 Å². The normalized spacial score (nSPS) is 12.4. The molecule has 4 heteroatoms. The minimum atomic E-state index is -0.417. The molecule has 0 bridgehead atoms. The Morgan fingerprint density at radius 2 is 2.26 bits per heavy atom. The SMILES string of the molecule is CCCCC(CC)CNCc1ccoc1C(=O)OC. The summed E-state index contributed by atoms with van der Waals surface area (Å²) in [6.45, 7) is 6.06. The molecule has 0 aromatic carbocycles. The van der Waals surface area contributed by atoms with Gasteiger partial charge in [0.05, 0.1) is 13.4 Å². The largest absolute Gasteiger partial charge is 0.463 e. The van der Waals surface area contributed by atoms with Crippen molar-refractivity contribution in [2.45, 2.75) is 46.1 Å². The predicted octanol–water partition coefficient (Wildman–Crippen LogP) is 3.37. The average Bonchev–Trinajstić information content (AvgIpc) is 2.90. The number of unbranched alkanes of at least 4 members (excludes halogenated alkanes) is 1. The van der Waals surface area contributed by atoms with Crippen molar-refractivity contribution in [1.29, 1.82) is 0 Å². The van der Waals surface area contributed by atoms with Crippen LogP contribution in [0.4, 0.5) is 0 Å². The highest BCUT2D eigenvalue weighted by atomic mass is 16.5. The molecular formula is C15H25NO3. The molecule has 1 N–H and O–H groups in total. The smallest absolute Gasteiger partial charge is 0.374 e. The molecule has 108 valence electrons. The Labute approximate surface area is 115 Å². The molecule has 0 spiro atoms. The van der Waals surface area contributed by atoms with Gasteiger partial charge in [-0.05, 0) is 24.9 Å². The average molecular weight is 267 g/mol. The number of hydrogen-bond acceptors (Lipinski definition) is 4. The lowest BCUT2D eigenvalue weighted by Crippen LogP contribution is -2.23. The van der Waals surface area contributed by atoms with Crippen LogP contribution in [0.25, 0.3) is 0 Å². The van der Waals surface area contributed by atoms with Gasteiger partial charge in [-0.2, -0.15) is 0 Å². The van der Waals surface area contributed by atoms with Gasteiger partial charge in [-0.15, -0.1) is 0 Å². The van der Waals surface area contributed by atoms with E-state index in [0.717, 1.165) is 12.1 Å². The number of carbonyl (C=O) groups excluding carboxylic acids is 1. The van der Waals surface area contributed by atoms with Gasteiger partial charge in [0.2, 0.25) is 5.76 Å². The van der Waals surface area contributed by atoms with Crippen LogP contribution in [0.2, 0.25) is 0 Å². The summed E-state index contributed by atoms with van der Waals surface area (Å²) in [5.74, 6) is 0.588. The summed E-state index contributed by atoms with van der Waals surface area (Å²) in [6.07, 6.45) is 6.49. The van der Waals surface area contributed by atoms with Crippen LogP contribution >= 0.6 is 0 Å². The van der Waals surface area contributed by atoms with Gasteiger partial charge in [-0.3, -0.25) is 0 Å². The minimum absolute atomic E-state index is 0.302. The molecule has 0 amide bonds. The number of hydrogen-bond donors (Lipinski definition) is 1. The molecule has 1 rings (SSSR count). The standard InChI is InChI=1S/C15H25NO3/c1-4-6-7-12(5-2)10-16-11-13-8-9-19-14(13)15(17)18-3/h8-9,12,16H,4-7,10-11H2,1-3H3. The first kappa shape index (κ1) is 15.8. The number of esters is 1. The number of methoxy groups -OCH3 is 1. The maximum Gasteiger partial charge on any atom is 0.374 e. The van der Waals surface area contributed by atoms with Gasteiger partial charge >= 0.3 is 5.97 Å². The van der Waals surface area contributed by atoms with Crippen LogP contribution in [0.1, 0.15) is 55.6 Å². The van der Waals surface area contributed by atoms with E-state index in [1.807, 2.05) is 6.07 Å². The third kappa shape index (κ3) is 5.07. The lowest BCUT2D eigenvalue weighted by Gasteiger charge is -2.15. The van der Waals surface area contributed by atoms with Crippen molar-refractivity contribution in [3.8, 4) is 0 Å². The maximum absolute atomic E-state index is 11.4. The second kappa shape index (κ2) is 8.75. The molecule has 0 aliphatic rings. The molecule has 4 nitrogen and oxygen atoms in total. The number of rotatable bonds is 9. The van der Waals surface area contributed by atoms with Crippen molar-refractivity contribution in [1.82, 2.24) is 5.32 Å². The van der Waals surface area contributed by atoms with Crippen molar-refractivity contribution in [3.05, 3.63) is 23.7 Å². The molecule has 0 saturated heterocycles. The Balaban J connectivity index is 2.40. The minimum Gasteiger partial charge on any atom is -0.463 e. The molecule has 1 unspecified atom stereocenters. The lowest BCUT2D eigenvalue weighted by molar-refractivity contribution is 0.0563. The van der Waals surface area contributed by atoms with Crippen LogP contribution in [-0.4, -0.2) is 19.6 Å². The second-order valence-electron chi connectivity index (χ2n) is 4.81. The van der Waals surface area contributed by atoms with Gasteiger partial charge in [-0.1, -0.05) is 33.1 Å². The van der Waals surface area contributed by atoms with Crippen molar-refractivity contribution in [3.63, 3.8) is 0 Å². The number of carbonyl (C=O) groups is 1. The maximum atomic E-state index is 11.4. The van der Waals surface area contributed by atoms with Crippen LogP contribution in [-0.2, 0) is 11.3 Å². The molecule has 1 aromatic heterocycles. The summed E-state index contributed by atoms with van der Waals surface area (Å²) in [4.78, 5) is 11.4. The molecule has 0 aliphatic carbocycles. The highest BCUT2D eigenvalue weighted by Crippen LogP contribution is 2.14. The van der Waals surface area contributed by atoms with E-state index in [1.165, 1.54) is 39.1 Å². The van der Waals surface area contributed by atoms with Crippen molar-refractivity contribution in [2.75, 3.05) is 13.7 Å². The van der Waals surface area contributed by atoms with E-state index in [-0.39, 0.29) is 0 Å². The Morgan fingerprint density at radius 3 is 2.89 bits per heavy atom. The van der Waals surface area contributed by atoms with E-state index in [1.54, 1.807) is 0 Å². The molecule has 19 heavy (non-hydrogen) atoms. The zero-order chi connectivity index (χ0) is 14.1. The topological polar surface area (TPSA) is 51.5 Å². The van der Waals surface area contributed by atoms with Gasteiger partial charge < -0.3 is 14.5 Å². The van der Waals surface area contributed by atoms with Crippen LogP contribution < -0.4 is 5.32 Å². The van der Waals surface area contributed by atoms with Gasteiger partial charge in [-0.25, -0.2) is 4.79 Å². The summed E-state index contributed by atoms with van der Waals surface area (Å²) in [5.41, 5.74) is 0.859. The molecular weight excluding hydrogens is 242 g/mol. The van der Waals surface area contributed by atoms with Crippen LogP contribution in [0, 0.1) is 5.92 Å². The first-order chi connectivity index (χ1) is 9.22. The molecule has 1 aromatic rings. The van der Waals surface area contributed by atoms with Gasteiger partial charge in [0, 0.05) is 12.1 Å². The van der Waals surface area contributed by atoms with E-state index < -0.39 is 5.97 Å². The molecule has 0 saturated carbocycles. The van der Waals surface area contributed by atoms with Crippen molar-refractivity contribution < 1.29 is 13.9 Å². The Bertz CT molecular complexity index is 373. The van der Waals surface area contributed by atoms with Crippen molar-refractivity contribution in [2.24, 2.45) is 5.92 Å².